The van der Waals surface area contributed by atoms with E-state index in [-0.39, 0.29) is 11.9 Å². The molecule has 3 amide bonds. The molecule has 1 saturated heterocycles. The van der Waals surface area contributed by atoms with Gasteiger partial charge in [-0.2, -0.15) is 0 Å². The van der Waals surface area contributed by atoms with Gasteiger partial charge in [-0.25, -0.2) is 4.79 Å². The van der Waals surface area contributed by atoms with Gasteiger partial charge >= 0.3 is 6.03 Å². The minimum atomic E-state index is -0.118. The van der Waals surface area contributed by atoms with Crippen LogP contribution in [0.15, 0.2) is 42.5 Å². The molecule has 0 aromatic heterocycles. The van der Waals surface area contributed by atoms with Crippen LogP contribution in [0.4, 0.5) is 10.5 Å². The molecular formula is C28H36Cl2N4O2. The van der Waals surface area contributed by atoms with Crippen LogP contribution in [-0.4, -0.2) is 61.0 Å². The highest BCUT2D eigenvalue weighted by atomic mass is 35.5. The summed E-state index contributed by atoms with van der Waals surface area (Å²) in [6.07, 6.45) is 7.27. The maximum atomic E-state index is 12.7. The number of nitrogens with one attached hydrogen (secondary N) is 2. The molecule has 0 spiro atoms. The molecule has 2 aromatic rings. The summed E-state index contributed by atoms with van der Waals surface area (Å²) in [4.78, 5) is 29.1. The monoisotopic (exact) mass is 530 g/mol. The molecule has 0 unspecified atom stereocenters. The molecule has 1 fully saturated rings. The largest absolute Gasteiger partial charge is 0.353 e. The van der Waals surface area contributed by atoms with Gasteiger partial charge in [0.1, 0.15) is 0 Å². The predicted molar refractivity (Wildman–Crippen MR) is 150 cm³/mol. The Morgan fingerprint density at radius 1 is 0.917 bits per heavy atom. The Morgan fingerprint density at radius 2 is 1.75 bits per heavy atom. The summed E-state index contributed by atoms with van der Waals surface area (Å²) in [5, 5.41) is 6.93. The van der Waals surface area contributed by atoms with Crippen molar-refractivity contribution in [3.63, 3.8) is 0 Å². The summed E-state index contributed by atoms with van der Waals surface area (Å²) < 4.78 is 0. The first-order valence-electron chi connectivity index (χ1n) is 12.6. The van der Waals surface area contributed by atoms with Gasteiger partial charge in [-0.3, -0.25) is 4.79 Å². The van der Waals surface area contributed by atoms with E-state index in [4.69, 9.17) is 23.2 Å². The van der Waals surface area contributed by atoms with Crippen molar-refractivity contribution in [3.8, 4) is 0 Å². The number of carbonyl (C=O) groups excluding carboxylic acids is 2. The topological polar surface area (TPSA) is 64.7 Å². The molecule has 0 atom stereocenters. The van der Waals surface area contributed by atoms with Crippen LogP contribution in [0, 0.1) is 13.8 Å². The standard InChI is InChI=1S/C28H36Cl2N4O2/c1-21-7-10-24(19-22(21)2)32-28(36)34-16-6-15-33(17-18-34)14-5-3-4-13-31-27(35)12-9-23-8-11-25(29)26(30)20-23/h7-12,19-20H,3-6,13-18H2,1-2H3,(H,31,35)(H,32,36)/b12-9+. The predicted octanol–water partition coefficient (Wildman–Crippen LogP) is 6.15. The van der Waals surface area contributed by atoms with E-state index in [0.29, 0.717) is 16.6 Å². The number of rotatable bonds is 9. The maximum Gasteiger partial charge on any atom is 0.321 e. The fourth-order valence-electron chi connectivity index (χ4n) is 4.11. The molecule has 8 heteroatoms. The van der Waals surface area contributed by atoms with E-state index < -0.39 is 0 Å². The number of hydrogen-bond acceptors (Lipinski definition) is 3. The molecule has 0 radical (unpaired) electrons. The molecule has 1 heterocycles. The lowest BCUT2D eigenvalue weighted by Gasteiger charge is -2.22. The van der Waals surface area contributed by atoms with Crippen molar-refractivity contribution >= 4 is 46.9 Å². The molecule has 3 rings (SSSR count). The van der Waals surface area contributed by atoms with Crippen molar-refractivity contribution in [3.05, 3.63) is 69.2 Å². The van der Waals surface area contributed by atoms with Gasteiger partial charge in [-0.15, -0.1) is 0 Å². The summed E-state index contributed by atoms with van der Waals surface area (Å²) in [7, 11) is 0. The molecule has 2 aromatic carbocycles. The Morgan fingerprint density at radius 3 is 2.53 bits per heavy atom. The molecule has 0 bridgehead atoms. The van der Waals surface area contributed by atoms with Crippen molar-refractivity contribution < 1.29 is 9.59 Å². The van der Waals surface area contributed by atoms with Crippen LogP contribution in [0.25, 0.3) is 6.08 Å². The summed E-state index contributed by atoms with van der Waals surface area (Å²) in [5.41, 5.74) is 4.08. The Kier molecular flexibility index (Phi) is 11.1. The summed E-state index contributed by atoms with van der Waals surface area (Å²) in [6, 6.07) is 11.2. The molecule has 36 heavy (non-hydrogen) atoms. The number of amides is 3. The van der Waals surface area contributed by atoms with Gasteiger partial charge in [0.25, 0.3) is 0 Å². The lowest BCUT2D eigenvalue weighted by molar-refractivity contribution is -0.116. The van der Waals surface area contributed by atoms with Crippen molar-refractivity contribution in [2.75, 3.05) is 44.6 Å². The average molecular weight is 532 g/mol. The van der Waals surface area contributed by atoms with Crippen LogP contribution in [-0.2, 0) is 4.79 Å². The van der Waals surface area contributed by atoms with Gasteiger partial charge < -0.3 is 20.4 Å². The second kappa shape index (κ2) is 14.3. The SMILES string of the molecule is Cc1ccc(NC(=O)N2CCCN(CCCCCNC(=O)/C=C/c3ccc(Cl)c(Cl)c3)CC2)cc1C. The summed E-state index contributed by atoms with van der Waals surface area (Å²) >= 11 is 11.9. The number of urea groups is 1. The van der Waals surface area contributed by atoms with Crippen LogP contribution in [0.1, 0.15) is 42.4 Å². The second-order valence-corrected chi connectivity index (χ2v) is 10.1. The number of unbranched alkanes of at least 4 members (excludes halogenated alkanes) is 2. The Balaban J connectivity index is 1.28. The normalized spacial score (nSPS) is 14.6. The van der Waals surface area contributed by atoms with Gasteiger partial charge in [-0.1, -0.05) is 41.8 Å². The molecule has 6 nitrogen and oxygen atoms in total. The van der Waals surface area contributed by atoms with E-state index in [0.717, 1.165) is 69.7 Å². The van der Waals surface area contributed by atoms with Crippen LogP contribution in [0.3, 0.4) is 0 Å². The van der Waals surface area contributed by atoms with Crippen molar-refractivity contribution in [1.29, 1.82) is 0 Å². The zero-order valence-electron chi connectivity index (χ0n) is 21.2. The molecule has 1 aliphatic heterocycles. The lowest BCUT2D eigenvalue weighted by Crippen LogP contribution is -2.38. The third-order valence-corrected chi connectivity index (χ3v) is 7.19. The number of hydrogen-bond donors (Lipinski definition) is 2. The first-order chi connectivity index (χ1) is 17.3. The van der Waals surface area contributed by atoms with Gasteiger partial charge in [0.05, 0.1) is 10.0 Å². The second-order valence-electron chi connectivity index (χ2n) is 9.27. The Bertz CT molecular complexity index is 1070. The van der Waals surface area contributed by atoms with E-state index in [2.05, 4.69) is 29.4 Å². The summed E-state index contributed by atoms with van der Waals surface area (Å²) in [6.45, 7) is 9.18. The van der Waals surface area contributed by atoms with Gasteiger partial charge in [0, 0.05) is 37.9 Å². The van der Waals surface area contributed by atoms with Gasteiger partial charge in [0.2, 0.25) is 5.91 Å². The number of anilines is 1. The number of carbonyl (C=O) groups is 2. The minimum Gasteiger partial charge on any atom is -0.353 e. The van der Waals surface area contributed by atoms with Gasteiger partial charge in [0.15, 0.2) is 0 Å². The molecule has 0 saturated carbocycles. The van der Waals surface area contributed by atoms with Crippen LogP contribution >= 0.6 is 23.2 Å². The molecule has 2 N–H and O–H groups in total. The zero-order chi connectivity index (χ0) is 25.9. The zero-order valence-corrected chi connectivity index (χ0v) is 22.7. The highest BCUT2D eigenvalue weighted by Crippen LogP contribution is 2.23. The highest BCUT2D eigenvalue weighted by Gasteiger charge is 2.19. The average Bonchev–Trinajstić information content (AvgIpc) is 3.10. The van der Waals surface area contributed by atoms with E-state index in [9.17, 15) is 9.59 Å². The van der Waals surface area contributed by atoms with Gasteiger partial charge in [-0.05, 0) is 93.2 Å². The maximum absolute atomic E-state index is 12.7. The molecule has 1 aliphatic rings. The smallest absolute Gasteiger partial charge is 0.321 e. The minimum absolute atomic E-state index is 0.0240. The van der Waals surface area contributed by atoms with E-state index in [1.165, 1.54) is 17.2 Å². The van der Waals surface area contributed by atoms with Crippen LogP contribution in [0.2, 0.25) is 10.0 Å². The molecule has 194 valence electrons. The fourth-order valence-corrected chi connectivity index (χ4v) is 4.42. The first kappa shape index (κ1) is 28.0. The fraction of sp³-hybridized carbons (Fsp3) is 0.429. The Labute approximate surface area is 224 Å². The van der Waals surface area contributed by atoms with Crippen molar-refractivity contribution in [2.24, 2.45) is 0 Å². The number of nitrogens with zero attached hydrogens (tertiary/aromatic N) is 2. The van der Waals surface area contributed by atoms with Crippen LogP contribution in [0.5, 0.6) is 0 Å². The highest BCUT2D eigenvalue weighted by molar-refractivity contribution is 6.42. The number of aryl methyl sites for hydroxylation is 2. The van der Waals surface area contributed by atoms with E-state index >= 15 is 0 Å². The quantitative estimate of drug-likeness (QED) is 0.301. The first-order valence-corrected chi connectivity index (χ1v) is 13.3. The number of benzene rings is 2. The van der Waals surface area contributed by atoms with Crippen LogP contribution < -0.4 is 10.6 Å². The third-order valence-electron chi connectivity index (χ3n) is 6.46. The molecular weight excluding hydrogens is 495 g/mol. The van der Waals surface area contributed by atoms with E-state index in [1.54, 1.807) is 18.2 Å². The van der Waals surface area contributed by atoms with Crippen molar-refractivity contribution in [1.82, 2.24) is 15.1 Å². The third kappa shape index (κ3) is 9.16. The molecule has 0 aliphatic carbocycles. The summed E-state index contributed by atoms with van der Waals surface area (Å²) in [5.74, 6) is -0.118. The lowest BCUT2D eigenvalue weighted by atomic mass is 10.1. The van der Waals surface area contributed by atoms with E-state index in [1.807, 2.05) is 29.2 Å². The van der Waals surface area contributed by atoms with Crippen molar-refractivity contribution in [2.45, 2.75) is 39.5 Å². The Hall–Kier alpha value is -2.54. The number of halogens is 2.